The zero-order valence-electron chi connectivity index (χ0n) is 16.4. The molecule has 0 aliphatic rings. The summed E-state index contributed by atoms with van der Waals surface area (Å²) in [4.78, 5) is 26.6. The molecule has 2 rings (SSSR count). The van der Waals surface area contributed by atoms with Crippen molar-refractivity contribution >= 4 is 40.7 Å². The SMILES string of the molecule is CCN(CC(=O)Nc1c(Cl)cccc1Cl)C(=O)C(C)Oc1cccc(C)c1C. The number of benzene rings is 2. The van der Waals surface area contributed by atoms with E-state index in [0.717, 1.165) is 11.1 Å². The first-order valence-electron chi connectivity index (χ1n) is 9.00. The fourth-order valence-electron chi connectivity index (χ4n) is 2.66. The van der Waals surface area contributed by atoms with E-state index in [1.165, 1.54) is 4.90 Å². The van der Waals surface area contributed by atoms with Gasteiger partial charge in [-0.3, -0.25) is 9.59 Å². The minimum atomic E-state index is -0.725. The number of nitrogens with zero attached hydrogens (tertiary/aromatic N) is 1. The van der Waals surface area contributed by atoms with Gasteiger partial charge < -0.3 is 15.0 Å². The van der Waals surface area contributed by atoms with Crippen LogP contribution in [0.2, 0.25) is 10.0 Å². The zero-order chi connectivity index (χ0) is 20.8. The van der Waals surface area contributed by atoms with Crippen LogP contribution in [0.4, 0.5) is 5.69 Å². The molecule has 0 aliphatic heterocycles. The monoisotopic (exact) mass is 422 g/mol. The lowest BCUT2D eigenvalue weighted by molar-refractivity contribution is -0.140. The summed E-state index contributed by atoms with van der Waals surface area (Å²) >= 11 is 12.2. The standard InChI is InChI=1S/C21H24Cl2N2O3/c1-5-25(12-19(26)24-20-16(22)9-7-10-17(20)23)21(27)15(4)28-18-11-6-8-13(2)14(18)3/h6-11,15H,5,12H2,1-4H3,(H,24,26). The van der Waals surface area contributed by atoms with Gasteiger partial charge in [-0.05, 0) is 57.0 Å². The Bertz CT molecular complexity index is 850. The molecule has 2 amide bonds. The third-order valence-corrected chi connectivity index (χ3v) is 5.09. The molecule has 0 bridgehead atoms. The molecule has 0 spiro atoms. The summed E-state index contributed by atoms with van der Waals surface area (Å²) < 4.78 is 5.84. The second-order valence-electron chi connectivity index (χ2n) is 6.46. The molecule has 5 nitrogen and oxygen atoms in total. The first kappa shape index (κ1) is 22.1. The molecule has 2 aromatic rings. The van der Waals surface area contributed by atoms with E-state index in [1.54, 1.807) is 32.0 Å². The summed E-state index contributed by atoms with van der Waals surface area (Å²) in [5.74, 6) is -0.00264. The molecule has 0 saturated carbocycles. The molecule has 7 heteroatoms. The Balaban J connectivity index is 2.04. The third kappa shape index (κ3) is 5.40. The number of ether oxygens (including phenoxy) is 1. The van der Waals surface area contributed by atoms with Crippen LogP contribution in [0.25, 0.3) is 0 Å². The number of hydrogen-bond acceptors (Lipinski definition) is 3. The molecule has 0 radical (unpaired) electrons. The van der Waals surface area contributed by atoms with Crippen LogP contribution in [-0.4, -0.2) is 35.9 Å². The second kappa shape index (κ2) is 9.80. The maximum Gasteiger partial charge on any atom is 0.263 e. The van der Waals surface area contributed by atoms with Crippen molar-refractivity contribution in [2.24, 2.45) is 0 Å². The molecule has 0 aromatic heterocycles. The molecule has 0 aliphatic carbocycles. The molecule has 0 saturated heterocycles. The lowest BCUT2D eigenvalue weighted by Crippen LogP contribution is -2.44. The first-order valence-corrected chi connectivity index (χ1v) is 9.75. The Morgan fingerprint density at radius 1 is 1.11 bits per heavy atom. The van der Waals surface area contributed by atoms with Gasteiger partial charge in [-0.25, -0.2) is 0 Å². The summed E-state index contributed by atoms with van der Waals surface area (Å²) in [6, 6.07) is 10.6. The number of amides is 2. The first-order chi connectivity index (χ1) is 13.2. The molecule has 2 aromatic carbocycles. The molecule has 0 heterocycles. The van der Waals surface area contributed by atoms with Gasteiger partial charge in [-0.2, -0.15) is 0 Å². The Hall–Kier alpha value is -2.24. The predicted octanol–water partition coefficient (Wildman–Crippen LogP) is 4.86. The Labute approximate surface area is 175 Å². The van der Waals surface area contributed by atoms with Crippen LogP contribution in [0.5, 0.6) is 5.75 Å². The Morgan fingerprint density at radius 3 is 2.32 bits per heavy atom. The fourth-order valence-corrected chi connectivity index (χ4v) is 3.16. The topological polar surface area (TPSA) is 58.6 Å². The molecular weight excluding hydrogens is 399 g/mol. The lowest BCUT2D eigenvalue weighted by atomic mass is 10.1. The Morgan fingerprint density at radius 2 is 1.71 bits per heavy atom. The van der Waals surface area contributed by atoms with E-state index in [4.69, 9.17) is 27.9 Å². The highest BCUT2D eigenvalue weighted by Gasteiger charge is 2.24. The van der Waals surface area contributed by atoms with Crippen LogP contribution < -0.4 is 10.1 Å². The maximum atomic E-state index is 12.8. The predicted molar refractivity (Wildman–Crippen MR) is 113 cm³/mol. The third-order valence-electron chi connectivity index (χ3n) is 4.46. The molecule has 0 fully saturated rings. The number of rotatable bonds is 7. The van der Waals surface area contributed by atoms with Gasteiger partial charge in [0.25, 0.3) is 5.91 Å². The number of aryl methyl sites for hydroxylation is 1. The average molecular weight is 423 g/mol. The lowest BCUT2D eigenvalue weighted by Gasteiger charge is -2.25. The van der Waals surface area contributed by atoms with Crippen molar-refractivity contribution in [3.05, 3.63) is 57.6 Å². The van der Waals surface area contributed by atoms with Gasteiger partial charge in [0.05, 0.1) is 22.3 Å². The van der Waals surface area contributed by atoms with Crippen LogP contribution in [0.3, 0.4) is 0 Å². The van der Waals surface area contributed by atoms with E-state index in [0.29, 0.717) is 28.0 Å². The number of anilines is 1. The fraction of sp³-hybridized carbons (Fsp3) is 0.333. The molecule has 28 heavy (non-hydrogen) atoms. The number of carbonyl (C=O) groups excluding carboxylic acids is 2. The average Bonchev–Trinajstić information content (AvgIpc) is 2.66. The molecule has 1 atom stereocenters. The minimum Gasteiger partial charge on any atom is -0.481 e. The van der Waals surface area contributed by atoms with E-state index in [9.17, 15) is 9.59 Å². The van der Waals surface area contributed by atoms with Crippen molar-refractivity contribution in [2.75, 3.05) is 18.4 Å². The van der Waals surface area contributed by atoms with Gasteiger partial charge in [0.2, 0.25) is 5.91 Å². The largest absolute Gasteiger partial charge is 0.481 e. The summed E-state index contributed by atoms with van der Waals surface area (Å²) in [7, 11) is 0. The highest BCUT2D eigenvalue weighted by Crippen LogP contribution is 2.29. The number of halogens is 2. The van der Waals surface area contributed by atoms with E-state index < -0.39 is 6.10 Å². The van der Waals surface area contributed by atoms with Gasteiger partial charge in [0, 0.05) is 6.54 Å². The van der Waals surface area contributed by atoms with Crippen molar-refractivity contribution in [1.82, 2.24) is 4.90 Å². The summed E-state index contributed by atoms with van der Waals surface area (Å²) in [6.45, 7) is 7.64. The number of para-hydroxylation sites is 1. The van der Waals surface area contributed by atoms with Crippen LogP contribution in [0.1, 0.15) is 25.0 Å². The van der Waals surface area contributed by atoms with Crippen LogP contribution >= 0.6 is 23.2 Å². The summed E-state index contributed by atoms with van der Waals surface area (Å²) in [5, 5.41) is 3.34. The maximum absolute atomic E-state index is 12.8. The normalized spacial score (nSPS) is 11.6. The van der Waals surface area contributed by atoms with Gasteiger partial charge in [0.1, 0.15) is 5.75 Å². The summed E-state index contributed by atoms with van der Waals surface area (Å²) in [6.07, 6.45) is -0.725. The molecule has 150 valence electrons. The quantitative estimate of drug-likeness (QED) is 0.692. The number of carbonyl (C=O) groups is 2. The van der Waals surface area contributed by atoms with Crippen molar-refractivity contribution in [2.45, 2.75) is 33.8 Å². The van der Waals surface area contributed by atoms with Gasteiger partial charge >= 0.3 is 0 Å². The highest BCUT2D eigenvalue weighted by atomic mass is 35.5. The number of hydrogen-bond donors (Lipinski definition) is 1. The van der Waals surface area contributed by atoms with Crippen molar-refractivity contribution in [3.63, 3.8) is 0 Å². The summed E-state index contributed by atoms with van der Waals surface area (Å²) in [5.41, 5.74) is 2.40. The zero-order valence-corrected chi connectivity index (χ0v) is 17.9. The Kier molecular flexibility index (Phi) is 7.72. The van der Waals surface area contributed by atoms with Crippen LogP contribution in [-0.2, 0) is 9.59 Å². The molecule has 1 N–H and O–H groups in total. The van der Waals surface area contributed by atoms with Gasteiger partial charge in [0.15, 0.2) is 6.10 Å². The van der Waals surface area contributed by atoms with Crippen molar-refractivity contribution in [1.29, 1.82) is 0 Å². The van der Waals surface area contributed by atoms with Crippen LogP contribution in [0.15, 0.2) is 36.4 Å². The number of nitrogens with one attached hydrogen (secondary N) is 1. The van der Waals surface area contributed by atoms with E-state index in [1.807, 2.05) is 32.0 Å². The smallest absolute Gasteiger partial charge is 0.263 e. The van der Waals surface area contributed by atoms with Crippen LogP contribution in [0, 0.1) is 13.8 Å². The van der Waals surface area contributed by atoms with Crippen molar-refractivity contribution in [3.8, 4) is 5.75 Å². The van der Waals surface area contributed by atoms with Crippen molar-refractivity contribution < 1.29 is 14.3 Å². The van der Waals surface area contributed by atoms with Gasteiger partial charge in [-0.15, -0.1) is 0 Å². The number of likely N-dealkylation sites (N-methyl/N-ethyl adjacent to an activating group) is 1. The molecular formula is C21H24Cl2N2O3. The van der Waals surface area contributed by atoms with E-state index in [-0.39, 0.29) is 18.4 Å². The second-order valence-corrected chi connectivity index (χ2v) is 7.27. The van der Waals surface area contributed by atoms with Gasteiger partial charge in [-0.1, -0.05) is 41.4 Å². The van der Waals surface area contributed by atoms with E-state index in [2.05, 4.69) is 5.32 Å². The highest BCUT2D eigenvalue weighted by molar-refractivity contribution is 6.39. The molecule has 1 unspecified atom stereocenters. The minimum absolute atomic E-state index is 0.128. The van der Waals surface area contributed by atoms with E-state index >= 15 is 0 Å².